The van der Waals surface area contributed by atoms with E-state index in [1.165, 1.54) is 83.9 Å². The number of aryl methyl sites for hydroxylation is 4. The molecule has 0 radical (unpaired) electrons. The molecule has 0 amide bonds. The summed E-state index contributed by atoms with van der Waals surface area (Å²) in [6.45, 7) is 15.0. The number of benzene rings is 10. The molecule has 0 aliphatic carbocycles. The Balaban J connectivity index is 0.000000187. The number of nitriles is 1. The standard InChI is InChI=1S/C32H20N2O7.C24H22O3.C22H18O3/c1-34-25-10-16-28(17-11-25)41-32(38)24-8-14-27(15-9-24)40-30(36)19-18-29(35)39-26-12-6-23(7-13-26)31(37)22-4-2-21(20-33)3-5-22;1-3-17-5-9-19(10-6-17)23(25)20-11-13-21(14-12-20)24(26)27-22-15-7-18(4-2)8-16-22;1-15-3-7-17(8-4-15)21(23)18-9-11-19(12-10-18)22(24)25-20-13-5-16(2)6-14-20/h2-17H,18-19H2;5-16H,3-4H2,1-2H3;3-14H,1-2H3. The molecule has 0 unspecified atom stereocenters. The zero-order valence-corrected chi connectivity index (χ0v) is 51.1. The molecule has 0 heterocycles. The Morgan fingerprint density at radius 2 is 0.570 bits per heavy atom. The lowest BCUT2D eigenvalue weighted by Gasteiger charge is -2.07. The summed E-state index contributed by atoms with van der Waals surface area (Å²) in [7, 11) is 0. The molecular weight excluding hydrogens is 1170 g/mol. The van der Waals surface area contributed by atoms with Crippen molar-refractivity contribution in [2.75, 3.05) is 0 Å². The zero-order chi connectivity index (χ0) is 66.2. The first-order chi connectivity index (χ1) is 45.0. The van der Waals surface area contributed by atoms with E-state index in [2.05, 4.69) is 18.7 Å². The number of hydrogen-bond donors (Lipinski definition) is 0. The van der Waals surface area contributed by atoms with Gasteiger partial charge in [0.15, 0.2) is 23.0 Å². The highest BCUT2D eigenvalue weighted by molar-refractivity contribution is 6.11. The van der Waals surface area contributed by atoms with Crippen LogP contribution in [0.15, 0.2) is 243 Å². The summed E-state index contributed by atoms with van der Waals surface area (Å²) in [5.41, 5.74) is 9.64. The van der Waals surface area contributed by atoms with Crippen molar-refractivity contribution < 1.29 is 62.0 Å². The Hall–Kier alpha value is -12.5. The number of hydrogen-bond acceptors (Lipinski definition) is 14. The van der Waals surface area contributed by atoms with Crippen LogP contribution in [0.2, 0.25) is 0 Å². The summed E-state index contributed by atoms with van der Waals surface area (Å²) in [4.78, 5) is 102. The first-order valence-corrected chi connectivity index (χ1v) is 29.4. The van der Waals surface area contributed by atoms with Crippen LogP contribution in [0.25, 0.3) is 4.85 Å². The summed E-state index contributed by atoms with van der Waals surface area (Å²) in [6.07, 6.45) is 1.40. The second-order valence-corrected chi connectivity index (χ2v) is 20.8. The molecule has 0 aliphatic heterocycles. The second-order valence-electron chi connectivity index (χ2n) is 20.8. The highest BCUT2D eigenvalue weighted by Gasteiger charge is 2.18. The Morgan fingerprint density at radius 1 is 0.333 bits per heavy atom. The van der Waals surface area contributed by atoms with Crippen molar-refractivity contribution in [1.29, 1.82) is 5.26 Å². The molecule has 0 aliphatic rings. The molecule has 0 bridgehead atoms. The van der Waals surface area contributed by atoms with E-state index in [-0.39, 0.29) is 53.0 Å². The SMILES string of the molecule is CCc1ccc(OC(=O)c2ccc(C(=O)c3ccc(CC)cc3)cc2)cc1.Cc1ccc(OC(=O)c2ccc(C(=O)c3ccc(C)cc3)cc2)cc1.[C-]#[N+]c1ccc(OC(=O)c2ccc(OC(=O)CCC(=O)Oc3ccc(C(=O)c4ccc(C#N)cc4)cc3)cc2)cc1. The lowest BCUT2D eigenvalue weighted by molar-refractivity contribution is -0.140. The molecule has 93 heavy (non-hydrogen) atoms. The number of esters is 5. The summed E-state index contributed by atoms with van der Waals surface area (Å²) in [5.74, 6) is -1.51. The van der Waals surface area contributed by atoms with Gasteiger partial charge >= 0.3 is 29.8 Å². The van der Waals surface area contributed by atoms with Gasteiger partial charge in [0, 0.05) is 33.4 Å². The number of ether oxygens (including phenoxy) is 5. The highest BCUT2D eigenvalue weighted by Crippen LogP contribution is 2.23. The van der Waals surface area contributed by atoms with Gasteiger partial charge in [0.2, 0.25) is 0 Å². The number of rotatable bonds is 19. The quantitative estimate of drug-likeness (QED) is 0.0319. The maximum Gasteiger partial charge on any atom is 0.343 e. The van der Waals surface area contributed by atoms with Crippen LogP contribution in [0, 0.1) is 31.8 Å². The fourth-order valence-electron chi connectivity index (χ4n) is 8.70. The first kappa shape index (κ1) is 66.5. The van der Waals surface area contributed by atoms with Gasteiger partial charge in [0.05, 0.1) is 47.7 Å². The Labute approximate surface area is 537 Å². The maximum absolute atomic E-state index is 12.6. The lowest BCUT2D eigenvalue weighted by Crippen LogP contribution is -2.14. The van der Waals surface area contributed by atoms with Gasteiger partial charge in [-0.15, -0.1) is 0 Å². The molecule has 10 aromatic rings. The molecule has 15 nitrogen and oxygen atoms in total. The third-order valence-electron chi connectivity index (χ3n) is 14.1. The van der Waals surface area contributed by atoms with Crippen molar-refractivity contribution in [1.82, 2.24) is 0 Å². The Morgan fingerprint density at radius 3 is 0.903 bits per heavy atom. The van der Waals surface area contributed by atoms with Crippen LogP contribution in [0.3, 0.4) is 0 Å². The van der Waals surface area contributed by atoms with Crippen LogP contribution < -0.4 is 23.7 Å². The smallest absolute Gasteiger partial charge is 0.343 e. The van der Waals surface area contributed by atoms with Gasteiger partial charge in [0.1, 0.15) is 28.7 Å². The summed E-state index contributed by atoms with van der Waals surface area (Å²) < 4.78 is 26.4. The fraction of sp³-hybridized carbons (Fsp3) is 0.103. The molecule has 15 heteroatoms. The highest BCUT2D eigenvalue weighted by atomic mass is 16.6. The molecule has 0 saturated heterocycles. The van der Waals surface area contributed by atoms with Gasteiger partial charge < -0.3 is 23.7 Å². The number of carbonyl (C=O) groups is 8. The average Bonchev–Trinajstić information content (AvgIpc) is 1.58. The Kier molecular flexibility index (Phi) is 23.4. The van der Waals surface area contributed by atoms with E-state index in [9.17, 15) is 38.4 Å². The van der Waals surface area contributed by atoms with Crippen LogP contribution in [0.1, 0.15) is 133 Å². The van der Waals surface area contributed by atoms with E-state index in [1.54, 1.807) is 109 Å². The van der Waals surface area contributed by atoms with Crippen LogP contribution in [0.4, 0.5) is 5.69 Å². The van der Waals surface area contributed by atoms with E-state index < -0.39 is 29.8 Å². The third-order valence-corrected chi connectivity index (χ3v) is 14.1. The van der Waals surface area contributed by atoms with Gasteiger partial charge in [-0.1, -0.05) is 134 Å². The molecule has 0 spiro atoms. The minimum atomic E-state index is -0.666. The monoisotopic (exact) mass is 1230 g/mol. The minimum absolute atomic E-state index is 0.0623. The van der Waals surface area contributed by atoms with Crippen molar-refractivity contribution in [3.8, 4) is 34.8 Å². The normalized spacial score (nSPS) is 10.2. The van der Waals surface area contributed by atoms with Crippen molar-refractivity contribution in [2.24, 2.45) is 0 Å². The van der Waals surface area contributed by atoms with Crippen molar-refractivity contribution in [3.63, 3.8) is 0 Å². The van der Waals surface area contributed by atoms with Gasteiger partial charge in [-0.25, -0.2) is 19.2 Å². The summed E-state index contributed by atoms with van der Waals surface area (Å²) in [6, 6.07) is 68.8. The lowest BCUT2D eigenvalue weighted by atomic mass is 10.0. The van der Waals surface area contributed by atoms with Gasteiger partial charge in [0.25, 0.3) is 0 Å². The van der Waals surface area contributed by atoms with Crippen LogP contribution in [0.5, 0.6) is 28.7 Å². The zero-order valence-electron chi connectivity index (χ0n) is 51.1. The third kappa shape index (κ3) is 19.5. The predicted molar refractivity (Wildman–Crippen MR) is 349 cm³/mol. The topological polar surface area (TPSA) is 211 Å². The van der Waals surface area contributed by atoms with E-state index in [0.717, 1.165) is 24.0 Å². The molecule has 10 aromatic carbocycles. The van der Waals surface area contributed by atoms with E-state index in [0.29, 0.717) is 67.3 Å². The molecule has 460 valence electrons. The fourth-order valence-corrected chi connectivity index (χ4v) is 8.70. The second kappa shape index (κ2) is 32.7. The largest absolute Gasteiger partial charge is 0.427 e. The van der Waals surface area contributed by atoms with Gasteiger partial charge in [-0.05, 0) is 171 Å². The Bertz CT molecular complexity index is 4360. The average molecular weight is 1230 g/mol. The molecular formula is C78H60N2O13. The summed E-state index contributed by atoms with van der Waals surface area (Å²) in [5, 5.41) is 8.88. The van der Waals surface area contributed by atoms with Crippen LogP contribution in [-0.2, 0) is 22.4 Å². The molecule has 10 rings (SSSR count). The van der Waals surface area contributed by atoms with Crippen molar-refractivity contribution in [2.45, 2.75) is 53.4 Å². The van der Waals surface area contributed by atoms with Crippen LogP contribution >= 0.6 is 0 Å². The number of nitrogens with zero attached hydrogens (tertiary/aromatic N) is 2. The van der Waals surface area contributed by atoms with Crippen LogP contribution in [-0.4, -0.2) is 47.2 Å². The van der Waals surface area contributed by atoms with E-state index in [1.807, 2.05) is 80.6 Å². The van der Waals surface area contributed by atoms with E-state index in [4.69, 9.17) is 35.5 Å². The van der Waals surface area contributed by atoms with Gasteiger partial charge in [-0.3, -0.25) is 24.0 Å². The molecule has 0 fully saturated rings. The summed E-state index contributed by atoms with van der Waals surface area (Å²) >= 11 is 0. The van der Waals surface area contributed by atoms with Crippen molar-refractivity contribution in [3.05, 3.63) is 332 Å². The molecule has 0 saturated carbocycles. The molecule has 0 N–H and O–H groups in total. The number of carbonyl (C=O) groups excluding carboxylic acids is 8. The van der Waals surface area contributed by atoms with Crippen molar-refractivity contribution >= 4 is 52.9 Å². The maximum atomic E-state index is 12.6. The van der Waals surface area contributed by atoms with Gasteiger partial charge in [-0.2, -0.15) is 5.26 Å². The predicted octanol–water partition coefficient (Wildman–Crippen LogP) is 15.9. The molecule has 0 aromatic heterocycles. The van der Waals surface area contributed by atoms with E-state index >= 15 is 0 Å². The minimum Gasteiger partial charge on any atom is -0.427 e. The number of ketones is 3. The molecule has 0 atom stereocenters. The first-order valence-electron chi connectivity index (χ1n) is 29.4.